The Morgan fingerprint density at radius 3 is 3.15 bits per heavy atom. The minimum absolute atomic E-state index is 0.521. The van der Waals surface area contributed by atoms with Crippen LogP contribution in [-0.4, -0.2) is 24.2 Å². The van der Waals surface area contributed by atoms with Crippen molar-refractivity contribution in [2.45, 2.75) is 25.9 Å². The van der Waals surface area contributed by atoms with E-state index >= 15 is 0 Å². The number of hydrogen-bond acceptors (Lipinski definition) is 3. The SMILES string of the molecule is Cc1cnc(N2CCCC(F)C2)s1. The third-order valence-corrected chi connectivity index (χ3v) is 3.22. The lowest BCUT2D eigenvalue weighted by Crippen LogP contribution is -2.36. The summed E-state index contributed by atoms with van der Waals surface area (Å²) >= 11 is 1.64. The molecular weight excluding hydrogens is 187 g/mol. The summed E-state index contributed by atoms with van der Waals surface area (Å²) < 4.78 is 13.1. The molecule has 72 valence electrons. The molecule has 2 heterocycles. The minimum Gasteiger partial charge on any atom is -0.345 e. The van der Waals surface area contributed by atoms with Gasteiger partial charge in [0.2, 0.25) is 0 Å². The van der Waals surface area contributed by atoms with E-state index in [2.05, 4.69) is 4.98 Å². The van der Waals surface area contributed by atoms with Gasteiger partial charge in [0, 0.05) is 17.6 Å². The van der Waals surface area contributed by atoms with E-state index in [0.717, 1.165) is 18.1 Å². The van der Waals surface area contributed by atoms with Crippen LogP contribution in [0.5, 0.6) is 0 Å². The molecule has 0 aromatic carbocycles. The van der Waals surface area contributed by atoms with E-state index in [1.54, 1.807) is 11.3 Å². The van der Waals surface area contributed by atoms with Gasteiger partial charge in [-0.15, -0.1) is 11.3 Å². The average molecular weight is 200 g/mol. The molecule has 4 heteroatoms. The summed E-state index contributed by atoms with van der Waals surface area (Å²) in [6, 6.07) is 0. The highest BCUT2D eigenvalue weighted by atomic mass is 32.1. The summed E-state index contributed by atoms with van der Waals surface area (Å²) in [6.45, 7) is 3.50. The molecule has 2 nitrogen and oxygen atoms in total. The number of aromatic nitrogens is 1. The normalized spacial score (nSPS) is 23.5. The summed E-state index contributed by atoms with van der Waals surface area (Å²) in [5.41, 5.74) is 0. The van der Waals surface area contributed by atoms with E-state index in [1.807, 2.05) is 18.0 Å². The number of alkyl halides is 1. The van der Waals surface area contributed by atoms with Crippen LogP contribution in [0, 0.1) is 6.92 Å². The highest BCUT2D eigenvalue weighted by Gasteiger charge is 2.20. The van der Waals surface area contributed by atoms with Crippen molar-refractivity contribution >= 4 is 16.5 Å². The maximum Gasteiger partial charge on any atom is 0.185 e. The Morgan fingerprint density at radius 1 is 1.69 bits per heavy atom. The fourth-order valence-electron chi connectivity index (χ4n) is 1.59. The van der Waals surface area contributed by atoms with Gasteiger partial charge in [-0.05, 0) is 19.8 Å². The second-order valence-corrected chi connectivity index (χ2v) is 4.65. The monoisotopic (exact) mass is 200 g/mol. The summed E-state index contributed by atoms with van der Waals surface area (Å²) in [5, 5.41) is 0.972. The largest absolute Gasteiger partial charge is 0.345 e. The molecule has 0 bridgehead atoms. The van der Waals surface area contributed by atoms with Crippen LogP contribution >= 0.6 is 11.3 Å². The first kappa shape index (κ1) is 8.94. The predicted octanol–water partition coefficient (Wildman–Crippen LogP) is 2.39. The van der Waals surface area contributed by atoms with Crippen molar-refractivity contribution < 1.29 is 4.39 Å². The Hall–Kier alpha value is -0.640. The first-order chi connectivity index (χ1) is 6.25. The molecule has 0 spiro atoms. The number of anilines is 1. The van der Waals surface area contributed by atoms with Crippen LogP contribution in [0.3, 0.4) is 0 Å². The van der Waals surface area contributed by atoms with Crippen LogP contribution in [0.1, 0.15) is 17.7 Å². The van der Waals surface area contributed by atoms with E-state index < -0.39 is 6.17 Å². The number of rotatable bonds is 1. The maximum atomic E-state index is 13.1. The summed E-state index contributed by atoms with van der Waals surface area (Å²) in [7, 11) is 0. The van der Waals surface area contributed by atoms with Gasteiger partial charge in [-0.3, -0.25) is 0 Å². The highest BCUT2D eigenvalue weighted by molar-refractivity contribution is 7.15. The zero-order valence-electron chi connectivity index (χ0n) is 7.66. The number of nitrogens with zero attached hydrogens (tertiary/aromatic N) is 2. The molecule has 1 unspecified atom stereocenters. The second kappa shape index (κ2) is 3.62. The van der Waals surface area contributed by atoms with E-state index in [1.165, 1.54) is 4.88 Å². The van der Waals surface area contributed by atoms with Crippen LogP contribution in [0.2, 0.25) is 0 Å². The molecule has 0 amide bonds. The van der Waals surface area contributed by atoms with Crippen molar-refractivity contribution in [3.8, 4) is 0 Å². The quantitative estimate of drug-likeness (QED) is 0.692. The molecule has 0 aliphatic carbocycles. The Balaban J connectivity index is 2.08. The Kier molecular flexibility index (Phi) is 2.49. The third-order valence-electron chi connectivity index (χ3n) is 2.24. The van der Waals surface area contributed by atoms with Gasteiger partial charge in [0.15, 0.2) is 5.13 Å². The molecule has 0 saturated carbocycles. The smallest absolute Gasteiger partial charge is 0.185 e. The summed E-state index contributed by atoms with van der Waals surface area (Å²) in [4.78, 5) is 7.49. The number of aryl methyl sites for hydroxylation is 1. The molecule has 13 heavy (non-hydrogen) atoms. The topological polar surface area (TPSA) is 16.1 Å². The van der Waals surface area contributed by atoms with Crippen LogP contribution < -0.4 is 4.90 Å². The fourth-order valence-corrected chi connectivity index (χ4v) is 2.38. The average Bonchev–Trinajstić information content (AvgIpc) is 2.52. The van der Waals surface area contributed by atoms with Crippen molar-refractivity contribution in [1.82, 2.24) is 4.98 Å². The lowest BCUT2D eigenvalue weighted by molar-refractivity contribution is 0.286. The standard InChI is InChI=1S/C9H13FN2S/c1-7-5-11-9(13-7)12-4-2-3-8(10)6-12/h5,8H,2-4,6H2,1H3. The maximum absolute atomic E-state index is 13.1. The molecule has 0 radical (unpaired) electrons. The zero-order chi connectivity index (χ0) is 9.26. The Morgan fingerprint density at radius 2 is 2.54 bits per heavy atom. The molecule has 1 aromatic heterocycles. The van der Waals surface area contributed by atoms with Crippen LogP contribution in [0.15, 0.2) is 6.20 Å². The van der Waals surface area contributed by atoms with Crippen molar-refractivity contribution in [2.75, 3.05) is 18.0 Å². The van der Waals surface area contributed by atoms with Crippen molar-refractivity contribution in [1.29, 1.82) is 0 Å². The molecule has 1 aliphatic rings. The van der Waals surface area contributed by atoms with Crippen molar-refractivity contribution in [3.05, 3.63) is 11.1 Å². The predicted molar refractivity (Wildman–Crippen MR) is 53.2 cm³/mol. The molecule has 1 atom stereocenters. The van der Waals surface area contributed by atoms with E-state index in [4.69, 9.17) is 0 Å². The van der Waals surface area contributed by atoms with Gasteiger partial charge >= 0.3 is 0 Å². The lowest BCUT2D eigenvalue weighted by Gasteiger charge is -2.28. The molecular formula is C9H13FN2S. The number of thiazole rings is 1. The molecule has 1 saturated heterocycles. The van der Waals surface area contributed by atoms with Gasteiger partial charge in [0.1, 0.15) is 6.17 Å². The van der Waals surface area contributed by atoms with Crippen molar-refractivity contribution in [3.63, 3.8) is 0 Å². The van der Waals surface area contributed by atoms with Crippen LogP contribution in [0.4, 0.5) is 9.52 Å². The van der Waals surface area contributed by atoms with Gasteiger partial charge in [-0.1, -0.05) is 0 Å². The van der Waals surface area contributed by atoms with Crippen LogP contribution in [-0.2, 0) is 0 Å². The third kappa shape index (κ3) is 1.99. The molecule has 1 fully saturated rings. The molecule has 1 aromatic rings. The first-order valence-corrected chi connectivity index (χ1v) is 5.39. The van der Waals surface area contributed by atoms with Gasteiger partial charge in [-0.25, -0.2) is 9.37 Å². The Bertz CT molecular complexity index is 287. The number of halogens is 1. The fraction of sp³-hybridized carbons (Fsp3) is 0.667. The number of hydrogen-bond donors (Lipinski definition) is 0. The molecule has 1 aliphatic heterocycles. The second-order valence-electron chi connectivity index (χ2n) is 3.44. The molecule has 0 N–H and O–H groups in total. The summed E-state index contributed by atoms with van der Waals surface area (Å²) in [5.74, 6) is 0. The lowest BCUT2D eigenvalue weighted by atomic mass is 10.1. The number of piperidine rings is 1. The minimum atomic E-state index is -0.669. The van der Waals surface area contributed by atoms with Gasteiger partial charge in [0.25, 0.3) is 0 Å². The highest BCUT2D eigenvalue weighted by Crippen LogP contribution is 2.25. The zero-order valence-corrected chi connectivity index (χ0v) is 8.48. The van der Waals surface area contributed by atoms with Crippen LogP contribution in [0.25, 0.3) is 0 Å². The molecule has 2 rings (SSSR count). The van der Waals surface area contributed by atoms with E-state index in [-0.39, 0.29) is 0 Å². The van der Waals surface area contributed by atoms with Crippen molar-refractivity contribution in [2.24, 2.45) is 0 Å². The van der Waals surface area contributed by atoms with E-state index in [0.29, 0.717) is 13.0 Å². The van der Waals surface area contributed by atoms with Gasteiger partial charge in [-0.2, -0.15) is 0 Å². The van der Waals surface area contributed by atoms with Gasteiger partial charge in [0.05, 0.1) is 6.54 Å². The Labute approximate surface area is 81.4 Å². The summed E-state index contributed by atoms with van der Waals surface area (Å²) in [6.07, 6.45) is 2.83. The van der Waals surface area contributed by atoms with E-state index in [9.17, 15) is 4.39 Å². The van der Waals surface area contributed by atoms with Gasteiger partial charge < -0.3 is 4.90 Å². The first-order valence-electron chi connectivity index (χ1n) is 4.57.